The highest BCUT2D eigenvalue weighted by Crippen LogP contribution is 2.67. The van der Waals surface area contributed by atoms with Crippen LogP contribution in [0, 0.1) is 13.8 Å². The summed E-state index contributed by atoms with van der Waals surface area (Å²) < 4.78 is 72.4. The summed E-state index contributed by atoms with van der Waals surface area (Å²) in [5, 5.41) is 0.147. The van der Waals surface area contributed by atoms with Crippen molar-refractivity contribution in [2.24, 2.45) is 0 Å². The number of unbranched alkanes of at least 4 members (excludes halogenated alkanes) is 2. The maximum atomic E-state index is 12.8. The van der Waals surface area contributed by atoms with Gasteiger partial charge in [-0.15, -0.1) is 0 Å². The number of aromatic nitrogens is 4. The molecule has 48 heavy (non-hydrogen) atoms. The quantitative estimate of drug-likeness (QED) is 0.0660. The molecule has 0 saturated carbocycles. The van der Waals surface area contributed by atoms with Gasteiger partial charge in [-0.25, -0.2) is 28.4 Å². The normalized spacial score (nSPS) is 26.3. The van der Waals surface area contributed by atoms with Crippen LogP contribution < -0.4 is 11.0 Å². The molecule has 2 fully saturated rings. The highest BCUT2D eigenvalue weighted by atomic mass is 32.2. The molecule has 2 saturated heterocycles. The first-order valence-electron chi connectivity index (χ1n) is 15.4. The summed E-state index contributed by atoms with van der Waals surface area (Å²) in [5.41, 5.74) is 8.33. The zero-order valence-corrected chi connectivity index (χ0v) is 30.3. The molecule has 21 heteroatoms. The number of anilines is 1. The number of phosphoric acid groups is 2. The van der Waals surface area contributed by atoms with Gasteiger partial charge in [-0.05, 0) is 56.4 Å². The molecule has 0 spiro atoms. The van der Waals surface area contributed by atoms with Gasteiger partial charge in [0.1, 0.15) is 23.8 Å². The van der Waals surface area contributed by atoms with Crippen LogP contribution in [0.3, 0.4) is 0 Å². The summed E-state index contributed by atoms with van der Waals surface area (Å²) >= 11 is 1.43. The standard InChI is InChI=1S/C27H40N5O12P3S/c1-5-7-8-9-20-41-22-19(14-39-46(35,36)44-47(37,38)43-45(33,34)18-11-10-16(3)17(4)13-18)40-26(23(22)42-20)32-15-29-21-24(28)30-27(31-25(21)32)48-12-6-2/h10-11,13,15,19-20,22-23,26H,5-9,12,14H2,1-4H3,(H,33,34)(H,35,36)(H,37,38)(H2,28,30,31)/t19-,20?,22?,23+,26-/m1/s1. The lowest BCUT2D eigenvalue weighted by molar-refractivity contribution is -0.152. The second-order valence-corrected chi connectivity index (χ2v) is 17.5. The van der Waals surface area contributed by atoms with Crippen LogP contribution in [0.4, 0.5) is 5.82 Å². The molecule has 5 rings (SSSR count). The molecule has 8 atom stereocenters. The minimum Gasteiger partial charge on any atom is -0.382 e. The Kier molecular flexibility index (Phi) is 11.9. The SMILES string of the molecule is CCCCCC1OC2[C@@H](COP(=O)(O)OP(=O)(O)OP(=O)(O)c3ccc(C)c(C)c3)O[C@@H](n3cnc4c(N)nc(SCCC)nc43)[C@H]2O1. The van der Waals surface area contributed by atoms with E-state index in [-0.39, 0.29) is 11.1 Å². The molecule has 2 aromatic heterocycles. The van der Waals surface area contributed by atoms with Gasteiger partial charge in [0.2, 0.25) is 0 Å². The van der Waals surface area contributed by atoms with E-state index in [1.807, 2.05) is 6.92 Å². The number of thioether (sulfide) groups is 1. The number of imidazole rings is 1. The Bertz CT molecular complexity index is 1760. The minimum absolute atomic E-state index is 0.187. The van der Waals surface area contributed by atoms with E-state index in [2.05, 4.69) is 30.5 Å². The second kappa shape index (κ2) is 15.2. The van der Waals surface area contributed by atoms with Crippen molar-refractivity contribution in [3.05, 3.63) is 35.7 Å². The third-order valence-electron chi connectivity index (χ3n) is 7.72. The predicted octanol–water partition coefficient (Wildman–Crippen LogP) is 4.88. The number of ether oxygens (including phenoxy) is 3. The molecule has 0 amide bonds. The van der Waals surface area contributed by atoms with Gasteiger partial charge in [-0.3, -0.25) is 13.7 Å². The van der Waals surface area contributed by atoms with Crippen molar-refractivity contribution in [2.45, 2.75) is 95.8 Å². The Morgan fingerprint density at radius 2 is 1.71 bits per heavy atom. The third-order valence-corrected chi connectivity index (χ3v) is 13.5. The smallest absolute Gasteiger partial charge is 0.382 e. The minimum atomic E-state index is -5.62. The topological polar surface area (TPSA) is 237 Å². The summed E-state index contributed by atoms with van der Waals surface area (Å²) in [6.07, 6.45) is 1.71. The summed E-state index contributed by atoms with van der Waals surface area (Å²) in [7, 11) is -16.0. The van der Waals surface area contributed by atoms with E-state index in [0.29, 0.717) is 28.3 Å². The molecule has 1 aromatic carbocycles. The molecule has 17 nitrogen and oxygen atoms in total. The second-order valence-electron chi connectivity index (χ2n) is 11.4. The van der Waals surface area contributed by atoms with E-state index < -0.39 is 60.7 Å². The molecule has 2 aliphatic rings. The lowest BCUT2D eigenvalue weighted by Gasteiger charge is -2.22. The van der Waals surface area contributed by atoms with Gasteiger partial charge in [-0.1, -0.05) is 44.5 Å². The Morgan fingerprint density at radius 1 is 0.958 bits per heavy atom. The van der Waals surface area contributed by atoms with Crippen molar-refractivity contribution in [1.82, 2.24) is 19.5 Å². The van der Waals surface area contributed by atoms with Crippen LogP contribution >= 0.6 is 35.0 Å². The largest absolute Gasteiger partial charge is 0.488 e. The molecule has 5 N–H and O–H groups in total. The first kappa shape index (κ1) is 37.5. The lowest BCUT2D eigenvalue weighted by atomic mass is 10.1. The van der Waals surface area contributed by atoms with Crippen molar-refractivity contribution in [2.75, 3.05) is 18.1 Å². The number of hydrogen-bond acceptors (Lipinski definition) is 14. The first-order chi connectivity index (χ1) is 22.6. The van der Waals surface area contributed by atoms with Crippen molar-refractivity contribution in [3.8, 4) is 0 Å². The van der Waals surface area contributed by atoms with Crippen molar-refractivity contribution >= 4 is 57.3 Å². The average Bonchev–Trinajstić information content (AvgIpc) is 3.69. The highest BCUT2D eigenvalue weighted by Gasteiger charge is 2.54. The van der Waals surface area contributed by atoms with Crippen molar-refractivity contribution in [1.29, 1.82) is 0 Å². The van der Waals surface area contributed by atoms with Gasteiger partial charge in [0.05, 0.1) is 18.2 Å². The summed E-state index contributed by atoms with van der Waals surface area (Å²) in [4.78, 5) is 44.2. The van der Waals surface area contributed by atoms with Crippen LogP contribution in [0.5, 0.6) is 0 Å². The fourth-order valence-electron chi connectivity index (χ4n) is 5.24. The number of fused-ring (bicyclic) bond motifs is 2. The van der Waals surface area contributed by atoms with Gasteiger partial charge >= 0.3 is 23.2 Å². The molecule has 0 aliphatic carbocycles. The van der Waals surface area contributed by atoms with Gasteiger partial charge < -0.3 is 34.6 Å². The Morgan fingerprint density at radius 3 is 2.42 bits per heavy atom. The number of rotatable bonds is 16. The van der Waals surface area contributed by atoms with Gasteiger partial charge in [-0.2, -0.15) is 4.31 Å². The molecular weight excluding hydrogens is 711 g/mol. The van der Waals surface area contributed by atoms with Crippen LogP contribution in [0.25, 0.3) is 11.2 Å². The zero-order valence-electron chi connectivity index (χ0n) is 26.8. The number of nitrogen functional groups attached to an aromatic ring is 1. The van der Waals surface area contributed by atoms with E-state index in [1.165, 1.54) is 36.3 Å². The lowest BCUT2D eigenvalue weighted by Crippen LogP contribution is -2.31. The van der Waals surface area contributed by atoms with Crippen LogP contribution in [0.2, 0.25) is 0 Å². The van der Waals surface area contributed by atoms with E-state index in [0.717, 1.165) is 37.0 Å². The molecule has 0 bridgehead atoms. The zero-order chi connectivity index (χ0) is 34.9. The number of benzene rings is 1. The Balaban J connectivity index is 1.32. The van der Waals surface area contributed by atoms with Crippen molar-refractivity contribution in [3.63, 3.8) is 0 Å². The highest BCUT2D eigenvalue weighted by molar-refractivity contribution is 7.99. The monoisotopic (exact) mass is 751 g/mol. The fraction of sp³-hybridized carbons (Fsp3) is 0.593. The molecule has 4 heterocycles. The first-order valence-corrected chi connectivity index (χ1v) is 20.9. The number of nitrogens with two attached hydrogens (primary N) is 1. The predicted molar refractivity (Wildman–Crippen MR) is 175 cm³/mol. The number of aryl methyl sites for hydroxylation is 2. The number of phosphoric ester groups is 1. The molecule has 266 valence electrons. The van der Waals surface area contributed by atoms with E-state index in [1.54, 1.807) is 18.4 Å². The van der Waals surface area contributed by atoms with E-state index >= 15 is 0 Å². The fourth-order valence-corrected chi connectivity index (χ4v) is 10.0. The Hall–Kier alpha value is -1.75. The van der Waals surface area contributed by atoms with Crippen LogP contribution in [-0.2, 0) is 41.1 Å². The van der Waals surface area contributed by atoms with Gasteiger partial charge in [0, 0.05) is 5.75 Å². The summed E-state index contributed by atoms with van der Waals surface area (Å²) in [6, 6.07) is 4.05. The maximum absolute atomic E-state index is 12.8. The van der Waals surface area contributed by atoms with E-state index in [4.69, 9.17) is 24.5 Å². The van der Waals surface area contributed by atoms with Crippen LogP contribution in [0.15, 0.2) is 29.7 Å². The molecule has 3 aromatic rings. The maximum Gasteiger partial charge on any atom is 0.488 e. The van der Waals surface area contributed by atoms with E-state index in [9.17, 15) is 28.4 Å². The van der Waals surface area contributed by atoms with Crippen LogP contribution in [0.1, 0.15) is 63.3 Å². The molecule has 5 unspecified atom stereocenters. The number of hydrogen-bond donors (Lipinski definition) is 4. The Labute approximate surface area is 281 Å². The van der Waals surface area contributed by atoms with Crippen LogP contribution in [-0.4, -0.2) is 71.2 Å². The third kappa shape index (κ3) is 8.75. The van der Waals surface area contributed by atoms with Gasteiger partial charge in [0.25, 0.3) is 0 Å². The average molecular weight is 752 g/mol. The molecule has 2 aliphatic heterocycles. The summed E-state index contributed by atoms with van der Waals surface area (Å²) in [6.45, 7) is 6.87. The molecular formula is C27H40N5O12P3S. The van der Waals surface area contributed by atoms with Crippen molar-refractivity contribution < 1.29 is 55.7 Å². The number of nitrogens with zero attached hydrogens (tertiary/aromatic N) is 4. The molecule has 0 radical (unpaired) electrons. The van der Waals surface area contributed by atoms with Gasteiger partial charge in [0.15, 0.2) is 29.1 Å². The summed E-state index contributed by atoms with van der Waals surface area (Å²) in [5.74, 6) is 0.961.